The Hall–Kier alpha value is -3.05. The molecule has 3 aromatic rings. The number of rotatable bonds is 4. The van der Waals surface area contributed by atoms with E-state index in [4.69, 9.17) is 14.7 Å². The third-order valence-electron chi connectivity index (χ3n) is 6.95. The minimum absolute atomic E-state index is 0.0571. The molecule has 3 atom stereocenters. The fraction of sp³-hybridized carbons (Fsp3) is 0.522. The van der Waals surface area contributed by atoms with Crippen molar-refractivity contribution in [2.75, 3.05) is 23.0 Å². The molecule has 0 aliphatic carbocycles. The Morgan fingerprint density at radius 3 is 3.00 bits per heavy atom. The van der Waals surface area contributed by atoms with Gasteiger partial charge in [-0.05, 0) is 19.3 Å². The van der Waals surface area contributed by atoms with Crippen molar-refractivity contribution in [2.45, 2.75) is 57.3 Å². The third kappa shape index (κ3) is 3.54. The van der Waals surface area contributed by atoms with Crippen LogP contribution in [0.15, 0.2) is 29.1 Å². The Balaban J connectivity index is 1.47. The largest absolute Gasteiger partial charge is 0.379 e. The van der Waals surface area contributed by atoms with Crippen molar-refractivity contribution in [3.8, 4) is 22.1 Å². The summed E-state index contributed by atoms with van der Waals surface area (Å²) in [5, 5.41) is 11.8. The molecule has 11 heteroatoms. The molecule has 1 saturated heterocycles. The number of hydrogen-bond donors (Lipinski definition) is 1. The number of hydrazone groups is 1. The lowest BCUT2D eigenvalue weighted by atomic mass is 9.98. The number of aromatic nitrogens is 5. The van der Waals surface area contributed by atoms with Gasteiger partial charge in [-0.15, -0.1) is 11.3 Å². The van der Waals surface area contributed by atoms with Crippen molar-refractivity contribution in [1.29, 1.82) is 0 Å². The molecule has 10 nitrogen and oxygen atoms in total. The highest BCUT2D eigenvalue weighted by molar-refractivity contribution is 7.13. The van der Waals surface area contributed by atoms with E-state index in [0.29, 0.717) is 12.4 Å². The van der Waals surface area contributed by atoms with Gasteiger partial charge in [0.25, 0.3) is 0 Å². The number of fused-ring (bicyclic) bond motifs is 3. The molecule has 0 spiro atoms. The number of nitrogens with zero attached hydrogens (tertiary/aromatic N) is 8. The molecule has 6 rings (SSSR count). The second-order valence-electron chi connectivity index (χ2n) is 8.96. The van der Waals surface area contributed by atoms with Gasteiger partial charge in [0, 0.05) is 25.2 Å². The number of ether oxygens (including phenoxy) is 1. The quantitative estimate of drug-likeness (QED) is 0.609. The average molecular weight is 480 g/mol. The molecule has 0 aromatic carbocycles. The molecule has 3 aliphatic rings. The molecule has 3 aliphatic heterocycles. The van der Waals surface area contributed by atoms with E-state index in [-0.39, 0.29) is 18.2 Å². The normalized spacial score (nSPS) is 24.4. The SMILES string of the molecule is CC[C@@H]1C2NN=CN2c2cnc(-c3cnn(C)c3-c3nccs3)nc2N1C1CCCCCOC1. The maximum atomic E-state index is 6.08. The van der Waals surface area contributed by atoms with Crippen molar-refractivity contribution in [3.05, 3.63) is 24.0 Å². The minimum atomic E-state index is 0.0571. The van der Waals surface area contributed by atoms with E-state index >= 15 is 0 Å². The Kier molecular flexibility index (Phi) is 5.66. The smallest absolute Gasteiger partial charge is 0.165 e. The Morgan fingerprint density at radius 2 is 2.15 bits per heavy atom. The van der Waals surface area contributed by atoms with Crippen LogP contribution in [-0.4, -0.2) is 62.5 Å². The summed E-state index contributed by atoms with van der Waals surface area (Å²) in [6.07, 6.45) is 13.1. The summed E-state index contributed by atoms with van der Waals surface area (Å²) in [6, 6.07) is 0.460. The first-order valence-corrected chi connectivity index (χ1v) is 12.9. The number of aryl methyl sites for hydroxylation is 1. The predicted octanol–water partition coefficient (Wildman–Crippen LogP) is 3.24. The predicted molar refractivity (Wildman–Crippen MR) is 133 cm³/mol. The number of thiazole rings is 1. The highest BCUT2D eigenvalue weighted by atomic mass is 32.1. The van der Waals surface area contributed by atoms with Gasteiger partial charge < -0.3 is 14.5 Å². The Labute approximate surface area is 202 Å². The summed E-state index contributed by atoms with van der Waals surface area (Å²) in [5.41, 5.74) is 6.10. The summed E-state index contributed by atoms with van der Waals surface area (Å²) >= 11 is 1.59. The molecule has 6 heterocycles. The van der Waals surface area contributed by atoms with Gasteiger partial charge in [-0.3, -0.25) is 10.1 Å². The first-order valence-electron chi connectivity index (χ1n) is 12.0. The van der Waals surface area contributed by atoms with Crippen LogP contribution in [0, 0.1) is 0 Å². The highest BCUT2D eigenvalue weighted by Crippen LogP contribution is 2.41. The highest BCUT2D eigenvalue weighted by Gasteiger charge is 2.44. The third-order valence-corrected chi connectivity index (χ3v) is 7.73. The Morgan fingerprint density at radius 1 is 1.21 bits per heavy atom. The van der Waals surface area contributed by atoms with E-state index in [1.54, 1.807) is 11.3 Å². The second-order valence-corrected chi connectivity index (χ2v) is 9.85. The van der Waals surface area contributed by atoms with E-state index in [0.717, 1.165) is 53.6 Å². The average Bonchev–Trinajstić information content (AvgIpc) is 3.59. The fourth-order valence-electron chi connectivity index (χ4n) is 5.31. The monoisotopic (exact) mass is 479 g/mol. The lowest BCUT2D eigenvalue weighted by molar-refractivity contribution is 0.0972. The zero-order valence-corrected chi connectivity index (χ0v) is 20.3. The standard InChI is InChI=1S/C23H29N9OS/c1-3-17-22-29-26-14-31(22)18-12-25-20(16-11-27-30(2)19(16)23-24-8-10-34-23)28-21(18)32(17)15-7-5-4-6-9-33-13-15/h8,10-12,14-15,17,22,29H,3-7,9,13H2,1-2H3/t15?,17-,22?/m1/s1. The summed E-state index contributed by atoms with van der Waals surface area (Å²) in [6.45, 7) is 3.77. The molecule has 1 fully saturated rings. The van der Waals surface area contributed by atoms with Crippen LogP contribution in [0.4, 0.5) is 11.5 Å². The van der Waals surface area contributed by atoms with E-state index in [9.17, 15) is 0 Å². The van der Waals surface area contributed by atoms with Crippen molar-refractivity contribution >= 4 is 29.2 Å². The van der Waals surface area contributed by atoms with Crippen molar-refractivity contribution < 1.29 is 4.74 Å². The maximum absolute atomic E-state index is 6.08. The second kappa shape index (κ2) is 8.95. The van der Waals surface area contributed by atoms with Gasteiger partial charge in [-0.1, -0.05) is 19.8 Å². The van der Waals surface area contributed by atoms with Crippen LogP contribution in [0.1, 0.15) is 39.0 Å². The van der Waals surface area contributed by atoms with Crippen molar-refractivity contribution in [3.63, 3.8) is 0 Å². The van der Waals surface area contributed by atoms with E-state index < -0.39 is 0 Å². The molecule has 0 saturated carbocycles. The Bertz CT molecular complexity index is 1170. The van der Waals surface area contributed by atoms with Crippen LogP contribution >= 0.6 is 11.3 Å². The van der Waals surface area contributed by atoms with Gasteiger partial charge in [0.1, 0.15) is 28.9 Å². The molecular formula is C23H29N9OS. The number of nitrogens with one attached hydrogen (secondary N) is 1. The first kappa shape index (κ1) is 21.5. The molecule has 178 valence electrons. The molecule has 3 aromatic heterocycles. The minimum Gasteiger partial charge on any atom is -0.379 e. The van der Waals surface area contributed by atoms with Gasteiger partial charge in [0.15, 0.2) is 11.6 Å². The molecule has 0 bridgehead atoms. The zero-order chi connectivity index (χ0) is 23.1. The van der Waals surface area contributed by atoms with Crippen LogP contribution in [0.2, 0.25) is 0 Å². The van der Waals surface area contributed by atoms with Gasteiger partial charge in [-0.25, -0.2) is 15.0 Å². The van der Waals surface area contributed by atoms with E-state index in [1.165, 1.54) is 12.8 Å². The van der Waals surface area contributed by atoms with Gasteiger partial charge >= 0.3 is 0 Å². The van der Waals surface area contributed by atoms with Crippen LogP contribution in [0.25, 0.3) is 22.1 Å². The first-order chi connectivity index (χ1) is 16.8. The summed E-state index contributed by atoms with van der Waals surface area (Å²) < 4.78 is 7.92. The number of hydrogen-bond acceptors (Lipinski definition) is 10. The van der Waals surface area contributed by atoms with Gasteiger partial charge in [0.2, 0.25) is 0 Å². The fourth-order valence-corrected chi connectivity index (χ4v) is 6.03. The van der Waals surface area contributed by atoms with E-state index in [1.807, 2.05) is 42.0 Å². The summed E-state index contributed by atoms with van der Waals surface area (Å²) in [5.74, 6) is 1.59. The molecular weight excluding hydrogens is 450 g/mol. The zero-order valence-electron chi connectivity index (χ0n) is 19.5. The number of anilines is 2. The van der Waals surface area contributed by atoms with Crippen LogP contribution in [0.3, 0.4) is 0 Å². The molecule has 1 N–H and O–H groups in total. The molecule has 0 radical (unpaired) electrons. The van der Waals surface area contributed by atoms with Crippen LogP contribution in [-0.2, 0) is 11.8 Å². The van der Waals surface area contributed by atoms with Gasteiger partial charge in [0.05, 0.1) is 36.6 Å². The summed E-state index contributed by atoms with van der Waals surface area (Å²) in [4.78, 5) is 19.1. The molecule has 34 heavy (non-hydrogen) atoms. The molecule has 0 amide bonds. The van der Waals surface area contributed by atoms with Crippen molar-refractivity contribution in [1.82, 2.24) is 30.2 Å². The summed E-state index contributed by atoms with van der Waals surface area (Å²) in [7, 11) is 1.93. The van der Waals surface area contributed by atoms with Crippen LogP contribution < -0.4 is 15.2 Å². The lowest BCUT2D eigenvalue weighted by Crippen LogP contribution is -2.62. The topological polar surface area (TPSA) is 96.6 Å². The lowest BCUT2D eigenvalue weighted by Gasteiger charge is -2.48. The van der Waals surface area contributed by atoms with Crippen molar-refractivity contribution in [2.24, 2.45) is 12.1 Å². The van der Waals surface area contributed by atoms with Gasteiger partial charge in [-0.2, -0.15) is 10.2 Å². The van der Waals surface area contributed by atoms with E-state index in [2.05, 4.69) is 37.3 Å². The van der Waals surface area contributed by atoms with Crippen LogP contribution in [0.5, 0.6) is 0 Å². The maximum Gasteiger partial charge on any atom is 0.165 e. The molecule has 2 unspecified atom stereocenters.